The first-order valence-corrected chi connectivity index (χ1v) is 12.5. The minimum atomic E-state index is -0.891. The molecule has 0 bridgehead atoms. The third kappa shape index (κ3) is 7.70. The van der Waals surface area contributed by atoms with E-state index in [1.54, 1.807) is 30.3 Å². The Kier molecular flexibility index (Phi) is 10.1. The van der Waals surface area contributed by atoms with Crippen molar-refractivity contribution >= 4 is 35.0 Å². The summed E-state index contributed by atoms with van der Waals surface area (Å²) in [6.07, 6.45) is 0.980. The average Bonchev–Trinajstić information content (AvgIpc) is 2.87. The van der Waals surface area contributed by atoms with E-state index >= 15 is 0 Å². The Labute approximate surface area is 221 Å². The molecule has 0 spiro atoms. The van der Waals surface area contributed by atoms with Gasteiger partial charge in [-0.1, -0.05) is 78.7 Å². The summed E-state index contributed by atoms with van der Waals surface area (Å²) in [6.45, 7) is 3.36. The van der Waals surface area contributed by atoms with Crippen LogP contribution in [0.1, 0.15) is 31.4 Å². The number of amides is 2. The van der Waals surface area contributed by atoms with Gasteiger partial charge in [0.25, 0.3) is 5.91 Å². The quantitative estimate of drug-likeness (QED) is 0.327. The van der Waals surface area contributed by atoms with Crippen molar-refractivity contribution in [2.45, 2.75) is 45.3 Å². The molecular weight excluding hydrogens is 502 g/mol. The van der Waals surface area contributed by atoms with Crippen LogP contribution in [-0.4, -0.2) is 35.4 Å². The largest absolute Gasteiger partial charge is 0.482 e. The summed E-state index contributed by atoms with van der Waals surface area (Å²) in [5.41, 5.74) is 1.17. The molecular formula is C28H29Cl2FN2O3. The van der Waals surface area contributed by atoms with E-state index in [9.17, 15) is 14.0 Å². The lowest BCUT2D eigenvalue weighted by atomic mass is 10.0. The molecule has 0 aromatic heterocycles. The van der Waals surface area contributed by atoms with Crippen molar-refractivity contribution in [3.63, 3.8) is 0 Å². The molecule has 3 rings (SSSR count). The number of nitrogens with zero attached hydrogens (tertiary/aromatic N) is 1. The number of nitrogens with one attached hydrogen (secondary N) is 1. The summed E-state index contributed by atoms with van der Waals surface area (Å²) in [4.78, 5) is 28.3. The van der Waals surface area contributed by atoms with Gasteiger partial charge in [0.1, 0.15) is 17.6 Å². The lowest BCUT2D eigenvalue weighted by Crippen LogP contribution is -2.53. The van der Waals surface area contributed by atoms with Gasteiger partial charge in [-0.3, -0.25) is 9.59 Å². The summed E-state index contributed by atoms with van der Waals surface area (Å²) in [6, 6.07) is 19.3. The SMILES string of the molecule is CC[C@H](C)NC(=O)[C@H](Cc1ccccc1)N(Cc1ccccc1F)C(=O)COc1ccc(Cl)cc1Cl. The highest BCUT2D eigenvalue weighted by Gasteiger charge is 2.31. The van der Waals surface area contributed by atoms with Gasteiger partial charge in [0.2, 0.25) is 5.91 Å². The second-order valence-corrected chi connectivity index (χ2v) is 9.34. The van der Waals surface area contributed by atoms with E-state index in [0.29, 0.717) is 10.6 Å². The van der Waals surface area contributed by atoms with Gasteiger partial charge in [-0.05, 0) is 43.2 Å². The van der Waals surface area contributed by atoms with Gasteiger partial charge in [-0.2, -0.15) is 0 Å². The number of rotatable bonds is 11. The molecule has 8 heteroatoms. The summed E-state index contributed by atoms with van der Waals surface area (Å²) in [5.74, 6) is -0.978. The van der Waals surface area contributed by atoms with Crippen molar-refractivity contribution in [2.24, 2.45) is 0 Å². The summed E-state index contributed by atoms with van der Waals surface area (Å²) >= 11 is 12.1. The molecule has 0 heterocycles. The van der Waals surface area contributed by atoms with Crippen molar-refractivity contribution in [2.75, 3.05) is 6.61 Å². The average molecular weight is 531 g/mol. The maximum absolute atomic E-state index is 14.6. The molecule has 0 aliphatic heterocycles. The molecule has 0 fully saturated rings. The minimum absolute atomic E-state index is 0.0923. The number of carbonyl (C=O) groups excluding carboxylic acids is 2. The van der Waals surface area contributed by atoms with Crippen LogP contribution >= 0.6 is 23.2 Å². The number of benzene rings is 3. The molecule has 3 aromatic rings. The van der Waals surface area contributed by atoms with Gasteiger partial charge in [0.05, 0.1) is 5.02 Å². The van der Waals surface area contributed by atoms with Crippen LogP contribution in [0.3, 0.4) is 0 Å². The van der Waals surface area contributed by atoms with Gasteiger partial charge in [-0.15, -0.1) is 0 Å². The zero-order chi connectivity index (χ0) is 26.1. The third-order valence-electron chi connectivity index (χ3n) is 5.82. The standard InChI is InChI=1S/C28H29Cl2FN2O3/c1-3-19(2)32-28(35)25(15-20-9-5-4-6-10-20)33(17-21-11-7-8-12-24(21)31)27(34)18-36-26-14-13-22(29)16-23(26)30/h4-14,16,19,25H,3,15,17-18H2,1-2H3,(H,32,35)/t19-,25-/m0/s1. The fourth-order valence-corrected chi connectivity index (χ4v) is 4.08. The Hall–Kier alpha value is -3.09. The van der Waals surface area contributed by atoms with Crippen LogP contribution in [-0.2, 0) is 22.6 Å². The lowest BCUT2D eigenvalue weighted by molar-refractivity contribution is -0.143. The van der Waals surface area contributed by atoms with Crippen LogP contribution in [0.2, 0.25) is 10.0 Å². The molecule has 1 N–H and O–H groups in total. The van der Waals surface area contributed by atoms with E-state index in [4.69, 9.17) is 27.9 Å². The summed E-state index contributed by atoms with van der Waals surface area (Å²) < 4.78 is 20.3. The monoisotopic (exact) mass is 530 g/mol. The lowest BCUT2D eigenvalue weighted by Gasteiger charge is -2.32. The Bertz CT molecular complexity index is 1180. The highest BCUT2D eigenvalue weighted by molar-refractivity contribution is 6.35. The fraction of sp³-hybridized carbons (Fsp3) is 0.286. The molecule has 190 valence electrons. The molecule has 0 saturated carbocycles. The van der Waals surface area contributed by atoms with Crippen molar-refractivity contribution < 1.29 is 18.7 Å². The molecule has 36 heavy (non-hydrogen) atoms. The van der Waals surface area contributed by atoms with E-state index in [1.165, 1.54) is 17.0 Å². The predicted octanol–water partition coefficient (Wildman–Crippen LogP) is 6.07. The van der Waals surface area contributed by atoms with Gasteiger partial charge < -0.3 is 15.0 Å². The molecule has 0 aliphatic rings. The fourth-order valence-electron chi connectivity index (χ4n) is 3.62. The number of hydrogen-bond acceptors (Lipinski definition) is 3. The van der Waals surface area contributed by atoms with E-state index in [-0.39, 0.29) is 35.7 Å². The highest BCUT2D eigenvalue weighted by atomic mass is 35.5. The second-order valence-electron chi connectivity index (χ2n) is 8.50. The Morgan fingerprint density at radius 1 is 1.03 bits per heavy atom. The molecule has 0 unspecified atom stereocenters. The van der Waals surface area contributed by atoms with Crippen molar-refractivity contribution in [1.29, 1.82) is 0 Å². The van der Waals surface area contributed by atoms with E-state index in [0.717, 1.165) is 12.0 Å². The Morgan fingerprint density at radius 3 is 2.39 bits per heavy atom. The van der Waals surface area contributed by atoms with Crippen molar-refractivity contribution in [3.8, 4) is 5.75 Å². The molecule has 3 aromatic carbocycles. The van der Waals surface area contributed by atoms with Crippen LogP contribution in [0.15, 0.2) is 72.8 Å². The smallest absolute Gasteiger partial charge is 0.261 e. The molecule has 2 atom stereocenters. The van der Waals surface area contributed by atoms with Crippen LogP contribution in [0.4, 0.5) is 4.39 Å². The van der Waals surface area contributed by atoms with E-state index < -0.39 is 24.4 Å². The molecule has 5 nitrogen and oxygen atoms in total. The first kappa shape index (κ1) is 27.5. The number of halogens is 3. The topological polar surface area (TPSA) is 58.6 Å². The Morgan fingerprint density at radius 2 is 1.72 bits per heavy atom. The van der Waals surface area contributed by atoms with E-state index in [1.807, 2.05) is 44.2 Å². The van der Waals surface area contributed by atoms with Gasteiger partial charge in [0, 0.05) is 29.6 Å². The minimum Gasteiger partial charge on any atom is -0.482 e. The number of carbonyl (C=O) groups is 2. The number of hydrogen-bond donors (Lipinski definition) is 1. The summed E-state index contributed by atoms with van der Waals surface area (Å²) in [7, 11) is 0. The zero-order valence-corrected chi connectivity index (χ0v) is 21.7. The van der Waals surface area contributed by atoms with Crippen molar-refractivity contribution in [1.82, 2.24) is 10.2 Å². The van der Waals surface area contributed by atoms with Gasteiger partial charge in [-0.25, -0.2) is 4.39 Å². The predicted molar refractivity (Wildman–Crippen MR) is 141 cm³/mol. The van der Waals surface area contributed by atoms with Crippen molar-refractivity contribution in [3.05, 3.63) is 99.8 Å². The molecule has 0 saturated heterocycles. The summed E-state index contributed by atoms with van der Waals surface area (Å²) in [5, 5.41) is 3.66. The van der Waals surface area contributed by atoms with Crippen LogP contribution < -0.4 is 10.1 Å². The molecule has 0 radical (unpaired) electrons. The first-order valence-electron chi connectivity index (χ1n) is 11.7. The normalized spacial score (nSPS) is 12.5. The highest BCUT2D eigenvalue weighted by Crippen LogP contribution is 2.27. The zero-order valence-electron chi connectivity index (χ0n) is 20.2. The van der Waals surface area contributed by atoms with Gasteiger partial charge >= 0.3 is 0 Å². The maximum atomic E-state index is 14.6. The van der Waals surface area contributed by atoms with Gasteiger partial charge in [0.15, 0.2) is 6.61 Å². The molecule has 2 amide bonds. The maximum Gasteiger partial charge on any atom is 0.261 e. The number of ether oxygens (including phenoxy) is 1. The van der Waals surface area contributed by atoms with Crippen LogP contribution in [0, 0.1) is 5.82 Å². The molecule has 0 aliphatic carbocycles. The van der Waals surface area contributed by atoms with Crippen LogP contribution in [0.25, 0.3) is 0 Å². The Balaban J connectivity index is 1.93. The van der Waals surface area contributed by atoms with Crippen LogP contribution in [0.5, 0.6) is 5.75 Å². The van der Waals surface area contributed by atoms with E-state index in [2.05, 4.69) is 5.32 Å². The third-order valence-corrected chi connectivity index (χ3v) is 6.35. The second kappa shape index (κ2) is 13.3. The first-order chi connectivity index (χ1) is 17.3.